The van der Waals surface area contributed by atoms with E-state index in [2.05, 4.69) is 18.1 Å². The maximum absolute atomic E-state index is 11.7. The Labute approximate surface area is 98.9 Å². The largest absolute Gasteiger partial charge is 0.284 e. The number of thiol groups is 1. The molecular formula is C10H14N2OS2. The molecule has 3 nitrogen and oxygen atoms in total. The third-order valence-electron chi connectivity index (χ3n) is 2.43. The van der Waals surface area contributed by atoms with Crippen LogP contribution in [0.3, 0.4) is 0 Å². The molecule has 1 saturated heterocycles. The number of nitrogens with zero attached hydrogens (tertiary/aromatic N) is 1. The van der Waals surface area contributed by atoms with Gasteiger partial charge >= 0.3 is 0 Å². The molecule has 15 heavy (non-hydrogen) atoms. The summed E-state index contributed by atoms with van der Waals surface area (Å²) in [6, 6.07) is 1.80. The van der Waals surface area contributed by atoms with E-state index in [0.717, 1.165) is 22.9 Å². The Bertz CT molecular complexity index is 345. The second-order valence-electron chi connectivity index (χ2n) is 3.66. The Hall–Kier alpha value is -0.520. The number of amides is 1. The zero-order valence-corrected chi connectivity index (χ0v) is 10.1. The first-order valence-corrected chi connectivity index (χ1v) is 6.42. The Balaban J connectivity index is 1.91. The highest BCUT2D eigenvalue weighted by molar-refractivity contribution is 7.80. The van der Waals surface area contributed by atoms with Crippen LogP contribution in [0.15, 0.2) is 16.3 Å². The predicted octanol–water partition coefficient (Wildman–Crippen LogP) is 2.17. The molecule has 0 unspecified atom stereocenters. The van der Waals surface area contributed by atoms with Gasteiger partial charge in [0, 0.05) is 23.4 Å². The number of hydrogen-bond donors (Lipinski definition) is 2. The van der Waals surface area contributed by atoms with E-state index in [-0.39, 0.29) is 5.91 Å². The number of hydrogen-bond acceptors (Lipinski definition) is 4. The minimum absolute atomic E-state index is 0.0119. The molecular weight excluding hydrogens is 228 g/mol. The zero-order chi connectivity index (χ0) is 10.7. The van der Waals surface area contributed by atoms with E-state index in [0.29, 0.717) is 0 Å². The smallest absolute Gasteiger partial charge is 0.275 e. The van der Waals surface area contributed by atoms with Crippen molar-refractivity contribution in [2.45, 2.75) is 24.2 Å². The van der Waals surface area contributed by atoms with Crippen LogP contribution in [-0.4, -0.2) is 24.0 Å². The molecule has 0 spiro atoms. The van der Waals surface area contributed by atoms with Crippen LogP contribution in [0.1, 0.15) is 28.9 Å². The second-order valence-corrected chi connectivity index (χ2v) is 5.09. The van der Waals surface area contributed by atoms with Gasteiger partial charge in [0.2, 0.25) is 0 Å². The molecule has 0 atom stereocenters. The van der Waals surface area contributed by atoms with Crippen LogP contribution in [0.5, 0.6) is 0 Å². The molecule has 1 aromatic heterocycles. The summed E-state index contributed by atoms with van der Waals surface area (Å²) in [7, 11) is 0. The lowest BCUT2D eigenvalue weighted by molar-refractivity contribution is 0.0754. The van der Waals surface area contributed by atoms with Gasteiger partial charge in [-0.1, -0.05) is 6.42 Å². The average Bonchev–Trinajstić information content (AvgIpc) is 2.66. The van der Waals surface area contributed by atoms with E-state index >= 15 is 0 Å². The minimum Gasteiger partial charge on any atom is -0.284 e. The monoisotopic (exact) mass is 242 g/mol. The fourth-order valence-corrected chi connectivity index (χ4v) is 2.69. The molecule has 2 heterocycles. The third kappa shape index (κ3) is 2.96. The summed E-state index contributed by atoms with van der Waals surface area (Å²) < 4.78 is 0. The van der Waals surface area contributed by atoms with Gasteiger partial charge in [-0.3, -0.25) is 10.2 Å². The van der Waals surface area contributed by atoms with Gasteiger partial charge in [0.25, 0.3) is 5.91 Å². The van der Waals surface area contributed by atoms with E-state index < -0.39 is 0 Å². The molecule has 1 aromatic rings. The number of thiophene rings is 1. The van der Waals surface area contributed by atoms with Gasteiger partial charge < -0.3 is 0 Å². The lowest BCUT2D eigenvalue weighted by Gasteiger charge is -2.26. The number of nitrogens with one attached hydrogen (secondary N) is 1. The van der Waals surface area contributed by atoms with Crippen molar-refractivity contribution in [3.8, 4) is 0 Å². The normalized spacial score (nSPS) is 17.7. The molecule has 0 radical (unpaired) electrons. The first-order chi connectivity index (χ1) is 7.25. The van der Waals surface area contributed by atoms with Gasteiger partial charge in [0.1, 0.15) is 0 Å². The fourth-order valence-electron chi connectivity index (χ4n) is 1.65. The zero-order valence-electron chi connectivity index (χ0n) is 8.40. The minimum atomic E-state index is -0.0119. The number of carbonyl (C=O) groups is 1. The summed E-state index contributed by atoms with van der Waals surface area (Å²) in [4.78, 5) is 13.3. The van der Waals surface area contributed by atoms with Crippen molar-refractivity contribution in [2.75, 3.05) is 13.1 Å². The Kier molecular flexibility index (Phi) is 3.66. The molecule has 0 bridgehead atoms. The summed E-state index contributed by atoms with van der Waals surface area (Å²) in [5, 5.41) is 3.87. The molecule has 2 rings (SSSR count). The van der Waals surface area contributed by atoms with Gasteiger partial charge in [-0.05, 0) is 18.9 Å². The van der Waals surface area contributed by atoms with Crippen LogP contribution in [0.25, 0.3) is 0 Å². The molecule has 0 aromatic carbocycles. The maximum atomic E-state index is 11.7. The highest BCUT2D eigenvalue weighted by atomic mass is 32.1. The number of rotatable bonds is 2. The molecule has 5 heteroatoms. The summed E-state index contributed by atoms with van der Waals surface area (Å²) in [5.41, 5.74) is 2.92. The van der Waals surface area contributed by atoms with Crippen molar-refractivity contribution < 1.29 is 4.79 Å². The topological polar surface area (TPSA) is 32.3 Å². The first-order valence-electron chi connectivity index (χ1n) is 5.09. The van der Waals surface area contributed by atoms with Gasteiger partial charge in [-0.25, -0.2) is 5.01 Å². The standard InChI is InChI=1S/C10H14N2OS2/c13-10(9-6-8(14)7-15-9)11-12-4-2-1-3-5-12/h6-7,14H,1-5H2,(H,11,13). The Morgan fingerprint density at radius 2 is 2.13 bits per heavy atom. The molecule has 1 aliphatic rings. The van der Waals surface area contributed by atoms with Crippen LogP contribution in [0.2, 0.25) is 0 Å². The molecule has 1 fully saturated rings. The second kappa shape index (κ2) is 5.01. The molecule has 82 valence electrons. The maximum Gasteiger partial charge on any atom is 0.275 e. The van der Waals surface area contributed by atoms with Gasteiger partial charge in [0.05, 0.1) is 4.88 Å². The van der Waals surface area contributed by atoms with Crippen LogP contribution < -0.4 is 5.43 Å². The predicted molar refractivity (Wildman–Crippen MR) is 64.5 cm³/mol. The average molecular weight is 242 g/mol. The van der Waals surface area contributed by atoms with Crippen LogP contribution >= 0.6 is 24.0 Å². The molecule has 1 N–H and O–H groups in total. The van der Waals surface area contributed by atoms with Gasteiger partial charge in [-0.15, -0.1) is 24.0 Å². The molecule has 1 amide bonds. The first kappa shape index (κ1) is 11.0. The van der Waals surface area contributed by atoms with Crippen LogP contribution in [0, 0.1) is 0 Å². The van der Waals surface area contributed by atoms with Gasteiger partial charge in [-0.2, -0.15) is 0 Å². The number of piperidine rings is 1. The fraction of sp³-hybridized carbons (Fsp3) is 0.500. The van der Waals surface area contributed by atoms with E-state index in [1.54, 1.807) is 6.07 Å². The molecule has 0 saturated carbocycles. The summed E-state index contributed by atoms with van der Waals surface area (Å²) in [5.74, 6) is -0.0119. The third-order valence-corrected chi connectivity index (χ3v) is 3.79. The number of hydrazine groups is 1. The van der Waals surface area contributed by atoms with E-state index in [9.17, 15) is 4.79 Å². The van der Waals surface area contributed by atoms with E-state index in [4.69, 9.17) is 0 Å². The quantitative estimate of drug-likeness (QED) is 0.779. The Morgan fingerprint density at radius 1 is 1.40 bits per heavy atom. The summed E-state index contributed by atoms with van der Waals surface area (Å²) >= 11 is 5.61. The van der Waals surface area contributed by atoms with Crippen molar-refractivity contribution >= 4 is 29.9 Å². The summed E-state index contributed by atoms with van der Waals surface area (Å²) in [6.45, 7) is 1.93. The molecule has 1 aliphatic heterocycles. The highest BCUT2D eigenvalue weighted by Gasteiger charge is 2.14. The van der Waals surface area contributed by atoms with Crippen molar-refractivity contribution in [3.63, 3.8) is 0 Å². The SMILES string of the molecule is O=C(NN1CCCCC1)c1cc(S)cs1. The lowest BCUT2D eigenvalue weighted by atomic mass is 10.2. The highest BCUT2D eigenvalue weighted by Crippen LogP contribution is 2.17. The number of carbonyl (C=O) groups excluding carboxylic acids is 1. The van der Waals surface area contributed by atoms with Crippen molar-refractivity contribution in [1.82, 2.24) is 10.4 Å². The van der Waals surface area contributed by atoms with Crippen molar-refractivity contribution in [1.29, 1.82) is 0 Å². The van der Waals surface area contributed by atoms with Crippen LogP contribution in [-0.2, 0) is 0 Å². The van der Waals surface area contributed by atoms with Gasteiger partial charge in [0.15, 0.2) is 0 Å². The van der Waals surface area contributed by atoms with Crippen LogP contribution in [0.4, 0.5) is 0 Å². The van der Waals surface area contributed by atoms with E-state index in [1.807, 2.05) is 10.4 Å². The lowest BCUT2D eigenvalue weighted by Crippen LogP contribution is -2.44. The Morgan fingerprint density at radius 3 is 2.73 bits per heavy atom. The summed E-state index contributed by atoms with van der Waals surface area (Å²) in [6.07, 6.45) is 3.61. The van der Waals surface area contributed by atoms with E-state index in [1.165, 1.54) is 30.6 Å². The molecule has 0 aliphatic carbocycles. The van der Waals surface area contributed by atoms with Crippen molar-refractivity contribution in [3.05, 3.63) is 16.3 Å². The van der Waals surface area contributed by atoms with Crippen molar-refractivity contribution in [2.24, 2.45) is 0 Å².